The maximum absolute atomic E-state index is 5.16. The van der Waals surface area contributed by atoms with Gasteiger partial charge in [0.05, 0.1) is 11.2 Å². The van der Waals surface area contributed by atoms with Crippen molar-refractivity contribution in [1.82, 2.24) is 4.98 Å². The summed E-state index contributed by atoms with van der Waals surface area (Å²) in [6.07, 6.45) is 1.16. The second-order valence-corrected chi connectivity index (χ2v) is 9.05. The van der Waals surface area contributed by atoms with Crippen molar-refractivity contribution in [2.45, 2.75) is 58.8 Å². The molecule has 0 spiro atoms. The Labute approximate surface area is 151 Å². The fourth-order valence-corrected chi connectivity index (χ4v) is 5.18. The van der Waals surface area contributed by atoms with Crippen molar-refractivity contribution in [1.29, 1.82) is 0 Å². The number of para-hydroxylation sites is 1. The van der Waals surface area contributed by atoms with Crippen LogP contribution in [0.3, 0.4) is 0 Å². The second kappa shape index (κ2) is 5.17. The van der Waals surface area contributed by atoms with Gasteiger partial charge in [-0.25, -0.2) is 4.98 Å². The molecule has 0 bridgehead atoms. The van der Waals surface area contributed by atoms with Crippen LogP contribution in [0.25, 0.3) is 22.2 Å². The Balaban J connectivity index is 2.17. The molecule has 0 fully saturated rings. The molecule has 0 unspecified atom stereocenters. The first-order valence-corrected chi connectivity index (χ1v) is 9.21. The standard InChI is InChI=1S/C24H27N/c1-15-11-16(2)13-17(12-15)22-21-20(23(3,4)14-24(21,5)6)18-9-7-8-10-19(18)25-22/h7-13H,14H2,1-6H3. The monoisotopic (exact) mass is 329 g/mol. The molecule has 0 N–H and O–H groups in total. The first-order valence-electron chi connectivity index (χ1n) is 9.21. The van der Waals surface area contributed by atoms with E-state index in [2.05, 4.69) is 84.0 Å². The number of aryl methyl sites for hydroxylation is 2. The number of rotatable bonds is 1. The molecular formula is C24H27N. The van der Waals surface area contributed by atoms with E-state index in [1.807, 2.05) is 0 Å². The van der Waals surface area contributed by atoms with Crippen molar-refractivity contribution in [3.63, 3.8) is 0 Å². The lowest BCUT2D eigenvalue weighted by molar-refractivity contribution is 0.404. The summed E-state index contributed by atoms with van der Waals surface area (Å²) in [5.74, 6) is 0. The van der Waals surface area contributed by atoms with Crippen LogP contribution in [0.1, 0.15) is 56.4 Å². The highest BCUT2D eigenvalue weighted by Gasteiger charge is 2.45. The summed E-state index contributed by atoms with van der Waals surface area (Å²) in [5, 5.41) is 1.32. The quantitative estimate of drug-likeness (QED) is 0.498. The Morgan fingerprint density at radius 2 is 1.40 bits per heavy atom. The minimum Gasteiger partial charge on any atom is -0.247 e. The summed E-state index contributed by atoms with van der Waals surface area (Å²) in [5.41, 5.74) is 9.38. The summed E-state index contributed by atoms with van der Waals surface area (Å²) in [4.78, 5) is 5.16. The molecule has 1 heteroatoms. The molecule has 2 aromatic carbocycles. The van der Waals surface area contributed by atoms with Crippen molar-refractivity contribution in [2.75, 3.05) is 0 Å². The first-order chi connectivity index (χ1) is 11.7. The van der Waals surface area contributed by atoms with Gasteiger partial charge in [0, 0.05) is 10.9 Å². The number of fused-ring (bicyclic) bond motifs is 3. The van der Waals surface area contributed by atoms with E-state index in [0.717, 1.165) is 11.9 Å². The largest absolute Gasteiger partial charge is 0.247 e. The molecule has 4 rings (SSSR count). The van der Waals surface area contributed by atoms with Gasteiger partial charge in [-0.05, 0) is 60.4 Å². The van der Waals surface area contributed by atoms with Crippen LogP contribution in [0.4, 0.5) is 0 Å². The van der Waals surface area contributed by atoms with Crippen LogP contribution in [0.2, 0.25) is 0 Å². The van der Waals surface area contributed by atoms with Crippen LogP contribution in [0.15, 0.2) is 42.5 Å². The lowest BCUT2D eigenvalue weighted by atomic mass is 9.81. The van der Waals surface area contributed by atoms with Crippen LogP contribution in [-0.2, 0) is 10.8 Å². The zero-order valence-electron chi connectivity index (χ0n) is 16.2. The number of hydrogen-bond acceptors (Lipinski definition) is 1. The molecule has 1 aliphatic rings. The zero-order valence-corrected chi connectivity index (χ0v) is 16.2. The topological polar surface area (TPSA) is 12.9 Å². The Kier molecular flexibility index (Phi) is 3.38. The van der Waals surface area contributed by atoms with Gasteiger partial charge < -0.3 is 0 Å². The van der Waals surface area contributed by atoms with Gasteiger partial charge in [0.25, 0.3) is 0 Å². The Bertz CT molecular complexity index is 972. The fraction of sp³-hybridized carbons (Fsp3) is 0.375. The molecule has 0 saturated carbocycles. The van der Waals surface area contributed by atoms with Gasteiger partial charge in [0.15, 0.2) is 0 Å². The van der Waals surface area contributed by atoms with Crippen LogP contribution >= 0.6 is 0 Å². The SMILES string of the molecule is Cc1cc(C)cc(-c2nc3ccccc3c3c2C(C)(C)CC3(C)C)c1. The van der Waals surface area contributed by atoms with E-state index < -0.39 is 0 Å². The van der Waals surface area contributed by atoms with E-state index in [4.69, 9.17) is 4.98 Å². The van der Waals surface area contributed by atoms with E-state index in [1.165, 1.54) is 38.9 Å². The predicted octanol–water partition coefficient (Wildman–Crippen LogP) is 6.48. The summed E-state index contributed by atoms with van der Waals surface area (Å²) in [6, 6.07) is 15.4. The molecule has 1 nitrogen and oxygen atoms in total. The van der Waals surface area contributed by atoms with Gasteiger partial charge >= 0.3 is 0 Å². The van der Waals surface area contributed by atoms with Crippen LogP contribution in [0.5, 0.6) is 0 Å². The van der Waals surface area contributed by atoms with Crippen molar-refractivity contribution >= 4 is 10.9 Å². The lowest BCUT2D eigenvalue weighted by Crippen LogP contribution is -2.18. The zero-order chi connectivity index (χ0) is 18.0. The third-order valence-electron chi connectivity index (χ3n) is 5.63. The molecule has 0 saturated heterocycles. The third-order valence-corrected chi connectivity index (χ3v) is 5.63. The molecule has 1 aliphatic carbocycles. The van der Waals surface area contributed by atoms with E-state index in [9.17, 15) is 0 Å². The van der Waals surface area contributed by atoms with Gasteiger partial charge in [0.1, 0.15) is 0 Å². The van der Waals surface area contributed by atoms with Gasteiger partial charge in [-0.3, -0.25) is 0 Å². The molecule has 25 heavy (non-hydrogen) atoms. The summed E-state index contributed by atoms with van der Waals surface area (Å²) in [7, 11) is 0. The first kappa shape index (κ1) is 16.3. The molecule has 1 aromatic heterocycles. The van der Waals surface area contributed by atoms with Crippen molar-refractivity contribution in [3.05, 3.63) is 64.7 Å². The van der Waals surface area contributed by atoms with Crippen molar-refractivity contribution < 1.29 is 0 Å². The maximum Gasteiger partial charge on any atom is 0.0750 e. The van der Waals surface area contributed by atoms with Gasteiger partial charge in [-0.15, -0.1) is 0 Å². The van der Waals surface area contributed by atoms with E-state index in [0.29, 0.717) is 0 Å². The molecule has 3 aromatic rings. The minimum absolute atomic E-state index is 0.128. The number of aromatic nitrogens is 1. The Morgan fingerprint density at radius 3 is 2.08 bits per heavy atom. The molecule has 0 atom stereocenters. The fourth-order valence-electron chi connectivity index (χ4n) is 5.18. The number of benzene rings is 2. The van der Waals surface area contributed by atoms with Crippen molar-refractivity contribution in [3.8, 4) is 11.3 Å². The molecule has 128 valence electrons. The van der Waals surface area contributed by atoms with Gasteiger partial charge in [-0.2, -0.15) is 0 Å². The van der Waals surface area contributed by atoms with Crippen molar-refractivity contribution in [2.24, 2.45) is 0 Å². The molecule has 0 radical (unpaired) electrons. The Hall–Kier alpha value is -2.15. The normalized spacial score (nSPS) is 17.7. The summed E-state index contributed by atoms with van der Waals surface area (Å²) in [6.45, 7) is 13.9. The second-order valence-electron chi connectivity index (χ2n) is 9.05. The average Bonchev–Trinajstić information content (AvgIpc) is 2.70. The summed E-state index contributed by atoms with van der Waals surface area (Å²) >= 11 is 0. The predicted molar refractivity (Wildman–Crippen MR) is 107 cm³/mol. The van der Waals surface area contributed by atoms with Gasteiger partial charge in [0.2, 0.25) is 0 Å². The van der Waals surface area contributed by atoms with Gasteiger partial charge in [-0.1, -0.05) is 63.1 Å². The molecule has 0 amide bonds. The van der Waals surface area contributed by atoms with E-state index in [-0.39, 0.29) is 10.8 Å². The number of nitrogens with zero attached hydrogens (tertiary/aromatic N) is 1. The highest BCUT2D eigenvalue weighted by molar-refractivity contribution is 5.90. The highest BCUT2D eigenvalue weighted by Crippen LogP contribution is 2.54. The number of pyridine rings is 1. The molecular weight excluding hydrogens is 302 g/mol. The third kappa shape index (κ3) is 2.49. The molecule has 0 aliphatic heterocycles. The Morgan fingerprint density at radius 1 is 0.800 bits per heavy atom. The van der Waals surface area contributed by atoms with Crippen LogP contribution in [0, 0.1) is 13.8 Å². The maximum atomic E-state index is 5.16. The smallest absolute Gasteiger partial charge is 0.0750 e. The highest BCUT2D eigenvalue weighted by atomic mass is 14.7. The number of hydrogen-bond donors (Lipinski definition) is 0. The van der Waals surface area contributed by atoms with Crippen LogP contribution in [-0.4, -0.2) is 4.98 Å². The van der Waals surface area contributed by atoms with E-state index >= 15 is 0 Å². The van der Waals surface area contributed by atoms with Crippen LogP contribution < -0.4 is 0 Å². The molecule has 1 heterocycles. The lowest BCUT2D eigenvalue weighted by Gasteiger charge is -2.23. The average molecular weight is 329 g/mol. The minimum atomic E-state index is 0.128. The van der Waals surface area contributed by atoms with E-state index in [1.54, 1.807) is 0 Å². The summed E-state index contributed by atoms with van der Waals surface area (Å²) < 4.78 is 0.